The van der Waals surface area contributed by atoms with Gasteiger partial charge in [0.2, 0.25) is 0 Å². The summed E-state index contributed by atoms with van der Waals surface area (Å²) >= 11 is 0. The maximum atomic E-state index is 13.1. The molecule has 136 valence electrons. The molecule has 0 aliphatic carbocycles. The summed E-state index contributed by atoms with van der Waals surface area (Å²) in [7, 11) is 0. The van der Waals surface area contributed by atoms with Gasteiger partial charge in [-0.05, 0) is 37.1 Å². The van der Waals surface area contributed by atoms with Gasteiger partial charge in [0.1, 0.15) is 17.3 Å². The summed E-state index contributed by atoms with van der Waals surface area (Å²) in [5, 5.41) is 2.77. The summed E-state index contributed by atoms with van der Waals surface area (Å²) in [6.45, 7) is 1.84. The summed E-state index contributed by atoms with van der Waals surface area (Å²) in [6, 6.07) is 17.0. The highest BCUT2D eigenvalue weighted by molar-refractivity contribution is 6.03. The Bertz CT molecular complexity index is 938. The normalized spacial score (nSPS) is 13.6. The van der Waals surface area contributed by atoms with Crippen LogP contribution in [-0.4, -0.2) is 29.0 Å². The van der Waals surface area contributed by atoms with Crippen molar-refractivity contribution < 1.29 is 9.18 Å². The Morgan fingerprint density at radius 3 is 2.37 bits per heavy atom. The highest BCUT2D eigenvalue weighted by atomic mass is 19.1. The molecule has 1 aliphatic rings. The third-order valence-corrected chi connectivity index (χ3v) is 4.51. The van der Waals surface area contributed by atoms with Crippen molar-refractivity contribution in [1.29, 1.82) is 0 Å². The molecule has 1 saturated heterocycles. The van der Waals surface area contributed by atoms with Crippen LogP contribution in [0.3, 0.4) is 0 Å². The first-order valence-electron chi connectivity index (χ1n) is 8.95. The molecule has 6 heteroatoms. The molecule has 0 bridgehead atoms. The molecule has 2 aromatic carbocycles. The summed E-state index contributed by atoms with van der Waals surface area (Å²) in [6.07, 6.45) is 2.23. The van der Waals surface area contributed by atoms with E-state index >= 15 is 0 Å². The minimum Gasteiger partial charge on any atom is -0.356 e. The van der Waals surface area contributed by atoms with E-state index in [4.69, 9.17) is 0 Å². The van der Waals surface area contributed by atoms with Crippen LogP contribution in [0.1, 0.15) is 23.3 Å². The lowest BCUT2D eigenvalue weighted by atomic mass is 10.2. The monoisotopic (exact) mass is 362 g/mol. The SMILES string of the molecule is O=C(Nc1ccc(F)cc1)c1cc(N2CCCC2)nc(-c2ccccc2)n1. The van der Waals surface area contributed by atoms with E-state index in [-0.39, 0.29) is 17.4 Å². The maximum Gasteiger partial charge on any atom is 0.274 e. The second kappa shape index (κ2) is 7.53. The maximum absolute atomic E-state index is 13.1. The number of halogens is 1. The lowest BCUT2D eigenvalue weighted by Gasteiger charge is -2.18. The first-order chi connectivity index (χ1) is 13.2. The van der Waals surface area contributed by atoms with E-state index in [0.29, 0.717) is 11.5 Å². The highest BCUT2D eigenvalue weighted by Gasteiger charge is 2.19. The van der Waals surface area contributed by atoms with Crippen LogP contribution in [0.5, 0.6) is 0 Å². The van der Waals surface area contributed by atoms with E-state index in [1.54, 1.807) is 6.07 Å². The van der Waals surface area contributed by atoms with Gasteiger partial charge in [0.05, 0.1) is 0 Å². The lowest BCUT2D eigenvalue weighted by Crippen LogP contribution is -2.22. The Morgan fingerprint density at radius 1 is 0.963 bits per heavy atom. The molecule has 1 aliphatic heterocycles. The van der Waals surface area contributed by atoms with Gasteiger partial charge in [0, 0.05) is 30.4 Å². The first kappa shape index (κ1) is 17.1. The van der Waals surface area contributed by atoms with E-state index < -0.39 is 0 Å². The van der Waals surface area contributed by atoms with Gasteiger partial charge < -0.3 is 10.2 Å². The number of amides is 1. The second-order valence-corrected chi connectivity index (χ2v) is 6.46. The van der Waals surface area contributed by atoms with Crippen molar-refractivity contribution >= 4 is 17.4 Å². The molecule has 3 aromatic rings. The van der Waals surface area contributed by atoms with Crippen molar-refractivity contribution in [1.82, 2.24) is 9.97 Å². The van der Waals surface area contributed by atoms with E-state index in [1.165, 1.54) is 24.3 Å². The molecule has 2 heterocycles. The van der Waals surface area contributed by atoms with Crippen molar-refractivity contribution in [3.63, 3.8) is 0 Å². The standard InChI is InChI=1S/C21H19FN4O/c22-16-8-10-17(11-9-16)23-21(27)18-14-19(26-12-4-5-13-26)25-20(24-18)15-6-2-1-3-7-15/h1-3,6-11,14H,4-5,12-13H2,(H,23,27). The fourth-order valence-corrected chi connectivity index (χ4v) is 3.10. The number of hydrogen-bond acceptors (Lipinski definition) is 4. The third-order valence-electron chi connectivity index (χ3n) is 4.51. The molecule has 1 N–H and O–H groups in total. The topological polar surface area (TPSA) is 58.1 Å². The van der Waals surface area contributed by atoms with Gasteiger partial charge in [-0.2, -0.15) is 0 Å². The van der Waals surface area contributed by atoms with Crippen LogP contribution in [-0.2, 0) is 0 Å². The molecule has 0 saturated carbocycles. The zero-order valence-electron chi connectivity index (χ0n) is 14.7. The van der Waals surface area contributed by atoms with E-state index in [9.17, 15) is 9.18 Å². The quantitative estimate of drug-likeness (QED) is 0.758. The summed E-state index contributed by atoms with van der Waals surface area (Å²) in [5.74, 6) is 0.578. The van der Waals surface area contributed by atoms with Crippen LogP contribution >= 0.6 is 0 Å². The average molecular weight is 362 g/mol. The fraction of sp³-hybridized carbons (Fsp3) is 0.190. The van der Waals surface area contributed by atoms with Crippen molar-refractivity contribution in [3.05, 3.63) is 72.2 Å². The van der Waals surface area contributed by atoms with E-state index in [1.807, 2.05) is 30.3 Å². The minimum absolute atomic E-state index is 0.287. The first-order valence-corrected chi connectivity index (χ1v) is 8.95. The van der Waals surface area contributed by atoms with Crippen molar-refractivity contribution in [2.24, 2.45) is 0 Å². The molecular weight excluding hydrogens is 343 g/mol. The highest BCUT2D eigenvalue weighted by Crippen LogP contribution is 2.23. The van der Waals surface area contributed by atoms with Crippen molar-refractivity contribution in [2.75, 3.05) is 23.3 Å². The molecule has 0 unspecified atom stereocenters. The number of anilines is 2. The zero-order valence-corrected chi connectivity index (χ0v) is 14.7. The molecular formula is C21H19FN4O. The van der Waals surface area contributed by atoms with Crippen molar-refractivity contribution in [2.45, 2.75) is 12.8 Å². The van der Waals surface area contributed by atoms with Crippen LogP contribution in [0.25, 0.3) is 11.4 Å². The molecule has 0 spiro atoms. The largest absolute Gasteiger partial charge is 0.356 e. The van der Waals surface area contributed by atoms with Crippen LogP contribution < -0.4 is 10.2 Å². The van der Waals surface area contributed by atoms with Crippen molar-refractivity contribution in [3.8, 4) is 11.4 Å². The zero-order chi connectivity index (χ0) is 18.6. The van der Waals surface area contributed by atoms with Gasteiger partial charge in [0.15, 0.2) is 5.82 Å². The Hall–Kier alpha value is -3.28. The Morgan fingerprint density at radius 2 is 1.67 bits per heavy atom. The summed E-state index contributed by atoms with van der Waals surface area (Å²) < 4.78 is 13.1. The average Bonchev–Trinajstić information content (AvgIpc) is 3.25. The third kappa shape index (κ3) is 3.95. The number of nitrogens with zero attached hydrogens (tertiary/aromatic N) is 3. The predicted octanol–water partition coefficient (Wildman–Crippen LogP) is 4.14. The lowest BCUT2D eigenvalue weighted by molar-refractivity contribution is 0.102. The van der Waals surface area contributed by atoms with Gasteiger partial charge in [-0.15, -0.1) is 0 Å². The number of carbonyl (C=O) groups excluding carboxylic acids is 1. The predicted molar refractivity (Wildman–Crippen MR) is 103 cm³/mol. The number of benzene rings is 2. The Labute approximate surface area is 156 Å². The number of nitrogens with one attached hydrogen (secondary N) is 1. The Balaban J connectivity index is 1.68. The van der Waals surface area contributed by atoms with Crippen LogP contribution in [0.15, 0.2) is 60.7 Å². The Kier molecular flexibility index (Phi) is 4.78. The molecule has 27 heavy (non-hydrogen) atoms. The number of aromatic nitrogens is 2. The van der Waals surface area contributed by atoms with Gasteiger partial charge in [0.25, 0.3) is 5.91 Å². The van der Waals surface area contributed by atoms with E-state index in [2.05, 4.69) is 20.2 Å². The van der Waals surface area contributed by atoms with Gasteiger partial charge in [-0.1, -0.05) is 30.3 Å². The van der Waals surface area contributed by atoms with Gasteiger partial charge in [-0.3, -0.25) is 4.79 Å². The summed E-state index contributed by atoms with van der Waals surface area (Å²) in [5.41, 5.74) is 1.66. The fourth-order valence-electron chi connectivity index (χ4n) is 3.10. The summed E-state index contributed by atoms with van der Waals surface area (Å²) in [4.78, 5) is 24.0. The molecule has 1 fully saturated rings. The molecule has 0 atom stereocenters. The molecule has 1 aromatic heterocycles. The van der Waals surface area contributed by atoms with Crippen LogP contribution in [0.2, 0.25) is 0 Å². The molecule has 1 amide bonds. The smallest absolute Gasteiger partial charge is 0.274 e. The number of hydrogen-bond donors (Lipinski definition) is 1. The molecule has 0 radical (unpaired) electrons. The molecule has 4 rings (SSSR count). The van der Waals surface area contributed by atoms with Crippen LogP contribution in [0, 0.1) is 5.82 Å². The minimum atomic E-state index is -0.349. The van der Waals surface area contributed by atoms with Gasteiger partial charge in [-0.25, -0.2) is 14.4 Å². The second-order valence-electron chi connectivity index (χ2n) is 6.46. The van der Waals surface area contributed by atoms with E-state index in [0.717, 1.165) is 37.3 Å². The van der Waals surface area contributed by atoms with Crippen LogP contribution in [0.4, 0.5) is 15.9 Å². The number of rotatable bonds is 4. The number of carbonyl (C=O) groups is 1. The molecule has 5 nitrogen and oxygen atoms in total. The van der Waals surface area contributed by atoms with Gasteiger partial charge >= 0.3 is 0 Å².